The molecule has 0 saturated heterocycles. The number of hydrogen-bond acceptors (Lipinski definition) is 10. The summed E-state index contributed by atoms with van der Waals surface area (Å²) in [5.74, 6) is -0.0942. The van der Waals surface area contributed by atoms with E-state index in [9.17, 15) is 23.1 Å². The normalized spacial score (nSPS) is 11.2. The SMILES string of the molecule is O=C(NCCOCCOCCNc1nc(Nc2ccccc2)nc(Nc2ccc(O)c(Cl)c2)n1)c1ccccc1C(F)(F)F. The molecule has 0 aliphatic rings. The van der Waals surface area contributed by atoms with Crippen LogP contribution in [0.3, 0.4) is 0 Å². The van der Waals surface area contributed by atoms with Crippen LogP contribution in [0.1, 0.15) is 15.9 Å². The third kappa shape index (κ3) is 9.97. The van der Waals surface area contributed by atoms with Gasteiger partial charge in [-0.1, -0.05) is 41.9 Å². The van der Waals surface area contributed by atoms with Crippen LogP contribution in [0.15, 0.2) is 72.8 Å². The van der Waals surface area contributed by atoms with Gasteiger partial charge in [-0.15, -0.1) is 0 Å². The molecular weight excluding hydrogens is 603 g/mol. The van der Waals surface area contributed by atoms with Gasteiger partial charge in [-0.25, -0.2) is 0 Å². The van der Waals surface area contributed by atoms with Crippen molar-refractivity contribution in [2.45, 2.75) is 6.18 Å². The quantitative estimate of drug-likeness (QED) is 0.0830. The first-order chi connectivity index (χ1) is 21.2. The van der Waals surface area contributed by atoms with Crippen molar-refractivity contribution in [2.24, 2.45) is 0 Å². The predicted octanol–water partition coefficient (Wildman–Crippen LogP) is 5.61. The molecule has 0 aliphatic carbocycles. The van der Waals surface area contributed by atoms with Gasteiger partial charge in [0.2, 0.25) is 17.8 Å². The number of halogens is 4. The van der Waals surface area contributed by atoms with E-state index < -0.39 is 23.2 Å². The van der Waals surface area contributed by atoms with Crippen molar-refractivity contribution in [3.8, 4) is 5.75 Å². The van der Waals surface area contributed by atoms with E-state index >= 15 is 0 Å². The zero-order valence-electron chi connectivity index (χ0n) is 23.2. The molecule has 5 N–H and O–H groups in total. The van der Waals surface area contributed by atoms with Gasteiger partial charge in [0.25, 0.3) is 5.91 Å². The van der Waals surface area contributed by atoms with Gasteiger partial charge in [-0.2, -0.15) is 28.1 Å². The van der Waals surface area contributed by atoms with Gasteiger partial charge in [-0.3, -0.25) is 4.79 Å². The van der Waals surface area contributed by atoms with Gasteiger partial charge in [0.05, 0.1) is 42.6 Å². The Morgan fingerprint density at radius 1 is 0.773 bits per heavy atom. The van der Waals surface area contributed by atoms with Crippen LogP contribution in [0.25, 0.3) is 0 Å². The average Bonchev–Trinajstić information content (AvgIpc) is 3.00. The van der Waals surface area contributed by atoms with Crippen LogP contribution in [0, 0.1) is 0 Å². The summed E-state index contributed by atoms with van der Waals surface area (Å²) in [7, 11) is 0. The smallest absolute Gasteiger partial charge is 0.417 e. The molecule has 1 aromatic heterocycles. The number of ether oxygens (including phenoxy) is 2. The zero-order chi connectivity index (χ0) is 31.4. The van der Waals surface area contributed by atoms with E-state index in [1.54, 1.807) is 6.07 Å². The Hall–Kier alpha value is -4.66. The number of aromatic hydroxyl groups is 1. The first kappa shape index (κ1) is 32.3. The number of anilines is 5. The molecule has 15 heteroatoms. The monoisotopic (exact) mass is 631 g/mol. The van der Waals surface area contributed by atoms with Crippen molar-refractivity contribution < 1.29 is 32.5 Å². The maximum atomic E-state index is 13.1. The van der Waals surface area contributed by atoms with Crippen molar-refractivity contribution in [3.05, 3.63) is 88.9 Å². The minimum atomic E-state index is -4.62. The van der Waals surface area contributed by atoms with E-state index in [1.165, 1.54) is 24.3 Å². The summed E-state index contributed by atoms with van der Waals surface area (Å²) in [6.45, 7) is 1.25. The number of carbonyl (C=O) groups is 1. The average molecular weight is 632 g/mol. The number of hydrogen-bond donors (Lipinski definition) is 5. The molecule has 0 radical (unpaired) electrons. The predicted molar refractivity (Wildman–Crippen MR) is 160 cm³/mol. The van der Waals surface area contributed by atoms with Crippen LogP contribution in [0.2, 0.25) is 5.02 Å². The minimum absolute atomic E-state index is 0.0397. The molecule has 1 amide bonds. The molecule has 0 atom stereocenters. The molecule has 232 valence electrons. The molecule has 3 aromatic carbocycles. The van der Waals surface area contributed by atoms with E-state index in [1.807, 2.05) is 30.3 Å². The van der Waals surface area contributed by atoms with E-state index in [4.69, 9.17) is 21.1 Å². The van der Waals surface area contributed by atoms with Crippen LogP contribution in [0.5, 0.6) is 5.75 Å². The second kappa shape index (κ2) is 15.7. The summed E-state index contributed by atoms with van der Waals surface area (Å²) in [5, 5.41) is 21.5. The fourth-order valence-electron chi connectivity index (χ4n) is 3.75. The van der Waals surface area contributed by atoms with Crippen LogP contribution >= 0.6 is 11.6 Å². The summed E-state index contributed by atoms with van der Waals surface area (Å²) >= 11 is 6.01. The lowest BCUT2D eigenvalue weighted by Crippen LogP contribution is -2.29. The van der Waals surface area contributed by atoms with Crippen molar-refractivity contribution >= 4 is 46.7 Å². The van der Waals surface area contributed by atoms with E-state index in [2.05, 4.69) is 36.2 Å². The lowest BCUT2D eigenvalue weighted by molar-refractivity contribution is -0.137. The van der Waals surface area contributed by atoms with Crippen molar-refractivity contribution in [3.63, 3.8) is 0 Å². The third-order valence-corrected chi connectivity index (χ3v) is 6.08. The number of phenols is 1. The van der Waals surface area contributed by atoms with Crippen molar-refractivity contribution in [1.82, 2.24) is 20.3 Å². The number of benzene rings is 3. The maximum Gasteiger partial charge on any atom is 0.417 e. The summed E-state index contributed by atoms with van der Waals surface area (Å²) in [6.07, 6.45) is -4.62. The first-order valence-electron chi connectivity index (χ1n) is 13.4. The number of amides is 1. The Kier molecular flexibility index (Phi) is 11.5. The molecule has 4 aromatic rings. The molecular formula is C29H29ClF3N7O4. The van der Waals surface area contributed by atoms with Gasteiger partial charge in [0, 0.05) is 24.5 Å². The molecule has 4 rings (SSSR count). The molecule has 0 saturated carbocycles. The summed E-state index contributed by atoms with van der Waals surface area (Å²) in [4.78, 5) is 25.3. The number of nitrogens with one attached hydrogen (secondary N) is 4. The fraction of sp³-hybridized carbons (Fsp3) is 0.241. The number of phenolic OH excluding ortho intramolecular Hbond substituents is 1. The highest BCUT2D eigenvalue weighted by atomic mass is 35.5. The maximum absolute atomic E-state index is 13.1. The van der Waals surface area contributed by atoms with E-state index in [0.29, 0.717) is 12.2 Å². The minimum Gasteiger partial charge on any atom is -0.506 e. The largest absolute Gasteiger partial charge is 0.506 e. The molecule has 1 heterocycles. The van der Waals surface area contributed by atoms with Crippen molar-refractivity contribution in [2.75, 3.05) is 55.5 Å². The number of carbonyl (C=O) groups excluding carboxylic acids is 1. The summed E-state index contributed by atoms with van der Waals surface area (Å²) in [5.41, 5.74) is -0.0948. The fourth-order valence-corrected chi connectivity index (χ4v) is 3.93. The zero-order valence-corrected chi connectivity index (χ0v) is 24.0. The van der Waals surface area contributed by atoms with Gasteiger partial charge in [0.15, 0.2) is 0 Å². The van der Waals surface area contributed by atoms with Gasteiger partial charge in [-0.05, 0) is 42.5 Å². The number of aromatic nitrogens is 3. The highest BCUT2D eigenvalue weighted by molar-refractivity contribution is 6.32. The highest BCUT2D eigenvalue weighted by Crippen LogP contribution is 2.32. The molecule has 0 aliphatic heterocycles. The number of rotatable bonds is 15. The molecule has 0 unspecified atom stereocenters. The second-order valence-corrected chi connectivity index (χ2v) is 9.45. The molecule has 44 heavy (non-hydrogen) atoms. The number of para-hydroxylation sites is 1. The van der Waals surface area contributed by atoms with E-state index in [-0.39, 0.29) is 61.6 Å². The summed E-state index contributed by atoms with van der Waals surface area (Å²) in [6, 6.07) is 18.6. The van der Waals surface area contributed by atoms with E-state index in [0.717, 1.165) is 17.8 Å². The molecule has 0 spiro atoms. The van der Waals surface area contributed by atoms with Gasteiger partial charge in [0.1, 0.15) is 5.75 Å². The van der Waals surface area contributed by atoms with Crippen molar-refractivity contribution in [1.29, 1.82) is 0 Å². The molecule has 11 nitrogen and oxygen atoms in total. The third-order valence-electron chi connectivity index (χ3n) is 5.78. The Morgan fingerprint density at radius 3 is 2.07 bits per heavy atom. The highest BCUT2D eigenvalue weighted by Gasteiger charge is 2.34. The van der Waals surface area contributed by atoms with Crippen LogP contribution < -0.4 is 21.3 Å². The van der Waals surface area contributed by atoms with Crippen LogP contribution in [0.4, 0.5) is 42.4 Å². The Labute approximate surface area is 255 Å². The number of nitrogens with zero attached hydrogens (tertiary/aromatic N) is 3. The lowest BCUT2D eigenvalue weighted by Gasteiger charge is -2.13. The Bertz CT molecular complexity index is 1530. The standard InChI is InChI=1S/C29H29ClF3N7O4/c30-23-18-20(10-11-24(23)41)37-28-39-26(38-27(40-28)36-19-6-2-1-3-7-19)35-13-15-44-17-16-43-14-12-34-25(42)21-8-4-5-9-22(21)29(31,32)33/h1-11,18,41H,12-17H2,(H,34,42)(H3,35,36,37,38,39,40). The lowest BCUT2D eigenvalue weighted by atomic mass is 10.1. The van der Waals surface area contributed by atoms with Crippen LogP contribution in [-0.2, 0) is 15.7 Å². The summed E-state index contributed by atoms with van der Waals surface area (Å²) < 4.78 is 50.2. The Balaban J connectivity index is 1.19. The van der Waals surface area contributed by atoms with Crippen LogP contribution in [-0.4, -0.2) is 65.5 Å². The van der Waals surface area contributed by atoms with Gasteiger partial charge >= 0.3 is 6.18 Å². The second-order valence-electron chi connectivity index (χ2n) is 9.04. The van der Waals surface area contributed by atoms with Gasteiger partial charge < -0.3 is 35.8 Å². The topological polar surface area (TPSA) is 143 Å². The molecule has 0 fully saturated rings. The Morgan fingerprint density at radius 2 is 1.39 bits per heavy atom. The first-order valence-corrected chi connectivity index (χ1v) is 13.7. The molecule has 0 bridgehead atoms. The number of alkyl halides is 3.